The monoisotopic (exact) mass is 733 g/mol. The molecule has 1 fully saturated rings. The summed E-state index contributed by atoms with van der Waals surface area (Å²) in [5, 5.41) is 3.20. The average Bonchev–Trinajstić information content (AvgIpc) is 3.62. The van der Waals surface area contributed by atoms with Gasteiger partial charge in [-0.1, -0.05) is 89.4 Å². The SMILES string of the molecule is COc1ccc(OC)c(N(CC(=O)N(Cc2cccc(Br)c2)[C@H](Cc2ccccc2)C(=O)NC2CCCC2)S(=O)(=O)c2ccccc2)c1. The minimum absolute atomic E-state index is 0.000949. The fourth-order valence-electron chi connectivity index (χ4n) is 5.98. The highest BCUT2D eigenvalue weighted by Gasteiger charge is 2.36. The van der Waals surface area contributed by atoms with Crippen molar-refractivity contribution < 1.29 is 27.5 Å². The largest absolute Gasteiger partial charge is 0.497 e. The summed E-state index contributed by atoms with van der Waals surface area (Å²) in [6.07, 6.45) is 4.06. The van der Waals surface area contributed by atoms with Gasteiger partial charge in [0.25, 0.3) is 10.0 Å². The van der Waals surface area contributed by atoms with Crippen LogP contribution in [0.4, 0.5) is 5.69 Å². The van der Waals surface area contributed by atoms with Gasteiger partial charge in [-0.3, -0.25) is 13.9 Å². The Morgan fingerprint density at radius 2 is 1.52 bits per heavy atom. The molecule has 48 heavy (non-hydrogen) atoms. The number of ether oxygens (including phenoxy) is 2. The van der Waals surface area contributed by atoms with Crippen molar-refractivity contribution in [2.45, 2.75) is 55.6 Å². The van der Waals surface area contributed by atoms with E-state index in [4.69, 9.17) is 9.47 Å². The number of nitrogens with one attached hydrogen (secondary N) is 1. The molecule has 1 aliphatic carbocycles. The second-order valence-electron chi connectivity index (χ2n) is 11.7. The van der Waals surface area contributed by atoms with Crippen LogP contribution in [0.1, 0.15) is 36.8 Å². The minimum atomic E-state index is -4.30. The lowest BCUT2D eigenvalue weighted by Gasteiger charge is -2.34. The average molecular weight is 735 g/mol. The third kappa shape index (κ3) is 8.56. The quantitative estimate of drug-likeness (QED) is 0.162. The number of hydrogen-bond donors (Lipinski definition) is 1. The zero-order chi connectivity index (χ0) is 34.1. The van der Waals surface area contributed by atoms with E-state index in [1.54, 1.807) is 30.3 Å². The van der Waals surface area contributed by atoms with E-state index in [2.05, 4.69) is 21.2 Å². The molecule has 0 spiro atoms. The molecule has 0 saturated heterocycles. The summed E-state index contributed by atoms with van der Waals surface area (Å²) in [7, 11) is -1.39. The van der Waals surface area contributed by atoms with Crippen molar-refractivity contribution in [2.24, 2.45) is 0 Å². The maximum Gasteiger partial charge on any atom is 0.264 e. The molecule has 0 aliphatic heterocycles. The molecule has 0 bridgehead atoms. The van der Waals surface area contributed by atoms with Crippen LogP contribution in [0.5, 0.6) is 11.5 Å². The van der Waals surface area contributed by atoms with E-state index in [1.807, 2.05) is 54.6 Å². The summed E-state index contributed by atoms with van der Waals surface area (Å²) in [5.41, 5.74) is 1.78. The number of anilines is 1. The number of methoxy groups -OCH3 is 2. The van der Waals surface area contributed by atoms with E-state index in [9.17, 15) is 18.0 Å². The lowest BCUT2D eigenvalue weighted by molar-refractivity contribution is -0.140. The van der Waals surface area contributed by atoms with Gasteiger partial charge in [0.2, 0.25) is 11.8 Å². The molecule has 9 nitrogen and oxygen atoms in total. The van der Waals surface area contributed by atoms with E-state index < -0.39 is 28.5 Å². The topological polar surface area (TPSA) is 105 Å². The van der Waals surface area contributed by atoms with Crippen LogP contribution in [0, 0.1) is 0 Å². The maximum atomic E-state index is 14.8. The Labute approximate surface area is 291 Å². The number of amides is 2. The summed E-state index contributed by atoms with van der Waals surface area (Å²) >= 11 is 3.52. The van der Waals surface area contributed by atoms with Crippen LogP contribution >= 0.6 is 15.9 Å². The van der Waals surface area contributed by atoms with Gasteiger partial charge in [-0.15, -0.1) is 0 Å². The van der Waals surface area contributed by atoms with Crippen molar-refractivity contribution >= 4 is 43.5 Å². The summed E-state index contributed by atoms with van der Waals surface area (Å²) in [4.78, 5) is 30.5. The molecule has 0 aromatic heterocycles. The van der Waals surface area contributed by atoms with E-state index in [0.29, 0.717) is 5.75 Å². The van der Waals surface area contributed by atoms with Gasteiger partial charge in [-0.2, -0.15) is 0 Å². The zero-order valence-corrected chi connectivity index (χ0v) is 29.5. The second kappa shape index (κ2) is 16.2. The van der Waals surface area contributed by atoms with Gasteiger partial charge in [0.1, 0.15) is 24.1 Å². The van der Waals surface area contributed by atoms with Crippen LogP contribution in [0.2, 0.25) is 0 Å². The lowest BCUT2D eigenvalue weighted by Crippen LogP contribution is -2.54. The number of sulfonamides is 1. The Morgan fingerprint density at radius 1 is 0.854 bits per heavy atom. The molecule has 5 rings (SSSR count). The van der Waals surface area contributed by atoms with Crippen molar-refractivity contribution in [3.05, 3.63) is 119 Å². The third-order valence-corrected chi connectivity index (χ3v) is 10.7. The van der Waals surface area contributed by atoms with E-state index in [-0.39, 0.29) is 41.2 Å². The zero-order valence-electron chi connectivity index (χ0n) is 27.0. The standard InChI is InChI=1S/C37H40BrN3O6S/c1-46-31-20-21-35(47-2)33(24-31)41(48(44,45)32-18-7-4-8-19-32)26-36(42)40(25-28-14-11-15-29(38)22-28)34(23-27-12-5-3-6-13-27)37(43)39-30-16-9-10-17-30/h3-8,11-15,18-22,24,30,34H,9-10,16-17,23,25-26H2,1-2H3,(H,39,43)/t34-/m1/s1. The molecule has 1 aliphatic rings. The van der Waals surface area contributed by atoms with Crippen LogP contribution < -0.4 is 19.1 Å². The molecule has 252 valence electrons. The highest BCUT2D eigenvalue weighted by Crippen LogP contribution is 2.36. The number of rotatable bonds is 14. The van der Waals surface area contributed by atoms with Gasteiger partial charge in [-0.05, 0) is 60.4 Å². The van der Waals surface area contributed by atoms with Crippen molar-refractivity contribution in [2.75, 3.05) is 25.1 Å². The highest BCUT2D eigenvalue weighted by molar-refractivity contribution is 9.10. The van der Waals surface area contributed by atoms with Crippen LogP contribution in [0.3, 0.4) is 0 Å². The van der Waals surface area contributed by atoms with Gasteiger partial charge < -0.3 is 19.7 Å². The van der Waals surface area contributed by atoms with Crippen molar-refractivity contribution in [1.82, 2.24) is 10.2 Å². The fraction of sp³-hybridized carbons (Fsp3) is 0.297. The number of benzene rings is 4. The molecule has 2 amide bonds. The Kier molecular flexibility index (Phi) is 11.8. The third-order valence-electron chi connectivity index (χ3n) is 8.48. The van der Waals surface area contributed by atoms with Crippen molar-refractivity contribution in [3.8, 4) is 11.5 Å². The first-order chi connectivity index (χ1) is 23.2. The Hall–Kier alpha value is -4.35. The fourth-order valence-corrected chi connectivity index (χ4v) is 7.86. The molecular weight excluding hydrogens is 694 g/mol. The predicted molar refractivity (Wildman–Crippen MR) is 190 cm³/mol. The molecule has 1 N–H and O–H groups in total. The summed E-state index contributed by atoms with van der Waals surface area (Å²) in [6, 6.07) is 28.8. The first kappa shape index (κ1) is 35.0. The molecule has 0 radical (unpaired) electrons. The number of carbonyl (C=O) groups is 2. The molecular formula is C37H40BrN3O6S. The van der Waals surface area contributed by atoms with Crippen LogP contribution in [-0.4, -0.2) is 58.0 Å². The Bertz CT molecular complexity index is 1800. The van der Waals surface area contributed by atoms with Crippen LogP contribution in [0.15, 0.2) is 112 Å². The molecule has 11 heteroatoms. The number of halogens is 1. The van der Waals surface area contributed by atoms with E-state index in [1.165, 1.54) is 37.3 Å². The van der Waals surface area contributed by atoms with Gasteiger partial charge in [0, 0.05) is 29.5 Å². The molecule has 4 aromatic carbocycles. The summed E-state index contributed by atoms with van der Waals surface area (Å²) in [6.45, 7) is -0.529. The molecule has 4 aromatic rings. The van der Waals surface area contributed by atoms with Crippen LogP contribution in [-0.2, 0) is 32.6 Å². The first-order valence-electron chi connectivity index (χ1n) is 15.9. The van der Waals surface area contributed by atoms with Crippen molar-refractivity contribution in [3.63, 3.8) is 0 Å². The minimum Gasteiger partial charge on any atom is -0.497 e. The van der Waals surface area contributed by atoms with E-state index >= 15 is 0 Å². The molecule has 0 unspecified atom stereocenters. The number of hydrogen-bond acceptors (Lipinski definition) is 6. The highest BCUT2D eigenvalue weighted by atomic mass is 79.9. The molecule has 0 heterocycles. The summed E-state index contributed by atoms with van der Waals surface area (Å²) < 4.78 is 41.6. The van der Waals surface area contributed by atoms with Gasteiger partial charge in [-0.25, -0.2) is 8.42 Å². The Morgan fingerprint density at radius 3 is 2.17 bits per heavy atom. The van der Waals surface area contributed by atoms with Crippen LogP contribution in [0.25, 0.3) is 0 Å². The smallest absolute Gasteiger partial charge is 0.264 e. The Balaban J connectivity index is 1.61. The normalized spacial score (nSPS) is 13.8. The molecule has 1 saturated carbocycles. The first-order valence-corrected chi connectivity index (χ1v) is 18.1. The van der Waals surface area contributed by atoms with Gasteiger partial charge in [0.05, 0.1) is 24.8 Å². The molecule has 1 atom stereocenters. The van der Waals surface area contributed by atoms with Crippen molar-refractivity contribution in [1.29, 1.82) is 0 Å². The van der Waals surface area contributed by atoms with Gasteiger partial charge >= 0.3 is 0 Å². The maximum absolute atomic E-state index is 14.8. The number of nitrogens with zero attached hydrogens (tertiary/aromatic N) is 2. The predicted octanol–water partition coefficient (Wildman–Crippen LogP) is 6.36. The summed E-state index contributed by atoms with van der Waals surface area (Å²) in [5.74, 6) is -0.204. The van der Waals surface area contributed by atoms with Gasteiger partial charge in [0.15, 0.2) is 0 Å². The van der Waals surface area contributed by atoms with E-state index in [0.717, 1.165) is 45.6 Å². The second-order valence-corrected chi connectivity index (χ2v) is 14.5. The lowest BCUT2D eigenvalue weighted by atomic mass is 10.0. The number of carbonyl (C=O) groups excluding carboxylic acids is 2.